The van der Waals surface area contributed by atoms with Gasteiger partial charge in [0.05, 0.1) is 5.75 Å². The molecular formula is C15H27NO2S. The first-order chi connectivity index (χ1) is 8.92. The van der Waals surface area contributed by atoms with E-state index >= 15 is 0 Å². The molecule has 0 aromatic heterocycles. The molecule has 1 N–H and O–H groups in total. The second-order valence-electron chi connectivity index (χ2n) is 7.44. The predicted octanol–water partition coefficient (Wildman–Crippen LogP) is 2.92. The molecule has 3 nitrogen and oxygen atoms in total. The Morgan fingerprint density at radius 2 is 1.58 bits per heavy atom. The topological polar surface area (TPSA) is 46.2 Å². The Balaban J connectivity index is 1.74. The Kier molecular flexibility index (Phi) is 3.45. The zero-order chi connectivity index (χ0) is 13.7. The van der Waals surface area contributed by atoms with Crippen LogP contribution in [0.3, 0.4) is 0 Å². The van der Waals surface area contributed by atoms with Crippen LogP contribution in [-0.4, -0.2) is 20.2 Å². The number of hydrogen-bond acceptors (Lipinski definition) is 2. The van der Waals surface area contributed by atoms with Gasteiger partial charge in [0.1, 0.15) is 0 Å². The average Bonchev–Trinajstić information content (AvgIpc) is 2.25. The average molecular weight is 285 g/mol. The van der Waals surface area contributed by atoms with Crippen LogP contribution in [0.15, 0.2) is 0 Å². The van der Waals surface area contributed by atoms with Crippen LogP contribution in [0.25, 0.3) is 0 Å². The maximum absolute atomic E-state index is 12.0. The predicted molar refractivity (Wildman–Crippen MR) is 77.3 cm³/mol. The van der Waals surface area contributed by atoms with E-state index in [1.54, 1.807) is 0 Å². The van der Waals surface area contributed by atoms with Crippen molar-refractivity contribution in [3.8, 4) is 0 Å². The van der Waals surface area contributed by atoms with Crippen molar-refractivity contribution in [1.29, 1.82) is 0 Å². The molecule has 0 amide bonds. The van der Waals surface area contributed by atoms with E-state index in [9.17, 15) is 8.42 Å². The fourth-order valence-electron chi connectivity index (χ4n) is 5.43. The summed E-state index contributed by atoms with van der Waals surface area (Å²) in [5, 5.41) is 0. The van der Waals surface area contributed by atoms with E-state index in [-0.39, 0.29) is 17.2 Å². The van der Waals surface area contributed by atoms with Gasteiger partial charge >= 0.3 is 0 Å². The maximum atomic E-state index is 12.0. The van der Waals surface area contributed by atoms with E-state index in [1.165, 1.54) is 38.5 Å². The summed E-state index contributed by atoms with van der Waals surface area (Å²) in [5.74, 6) is 2.90. The first-order valence-electron chi connectivity index (χ1n) is 7.92. The summed E-state index contributed by atoms with van der Waals surface area (Å²) < 4.78 is 27.0. The molecule has 0 aliphatic heterocycles. The summed E-state index contributed by atoms with van der Waals surface area (Å²) in [5.41, 5.74) is 0.273. The molecule has 0 aromatic carbocycles. The number of rotatable bonds is 5. The first-order valence-corrected chi connectivity index (χ1v) is 9.58. The highest BCUT2D eigenvalue weighted by Gasteiger charge is 2.53. The van der Waals surface area contributed by atoms with E-state index in [0.29, 0.717) is 6.42 Å². The van der Waals surface area contributed by atoms with Gasteiger partial charge in [-0.15, -0.1) is 0 Å². The zero-order valence-electron chi connectivity index (χ0n) is 12.2. The van der Waals surface area contributed by atoms with Gasteiger partial charge in [0, 0.05) is 6.04 Å². The van der Waals surface area contributed by atoms with Crippen molar-refractivity contribution >= 4 is 10.0 Å². The third-order valence-electron chi connectivity index (χ3n) is 5.83. The largest absolute Gasteiger partial charge is 0.212 e. The molecule has 1 unspecified atom stereocenters. The second kappa shape index (κ2) is 4.73. The van der Waals surface area contributed by atoms with E-state index in [2.05, 4.69) is 11.6 Å². The smallest absolute Gasteiger partial charge is 0.211 e. The van der Waals surface area contributed by atoms with E-state index in [4.69, 9.17) is 0 Å². The fraction of sp³-hybridized carbons (Fsp3) is 1.00. The first kappa shape index (κ1) is 13.9. The van der Waals surface area contributed by atoms with Gasteiger partial charge in [0.15, 0.2) is 0 Å². The minimum absolute atomic E-state index is 0.123. The summed E-state index contributed by atoms with van der Waals surface area (Å²) in [6.07, 6.45) is 8.70. The molecule has 0 saturated heterocycles. The van der Waals surface area contributed by atoms with Gasteiger partial charge in [-0.25, -0.2) is 13.1 Å². The fourth-order valence-corrected chi connectivity index (χ4v) is 6.87. The van der Waals surface area contributed by atoms with E-state index in [0.717, 1.165) is 17.8 Å². The molecule has 0 radical (unpaired) electrons. The highest BCUT2D eigenvalue weighted by atomic mass is 32.2. The molecule has 19 heavy (non-hydrogen) atoms. The standard InChI is InChI=1S/C15H27NO2S/c1-3-4-19(17,18)16-11(2)15-8-12-5-13(9-15)7-14(6-12)10-15/h11-14,16H,3-10H2,1-2H3. The van der Waals surface area contributed by atoms with Crippen molar-refractivity contribution in [2.75, 3.05) is 5.75 Å². The van der Waals surface area contributed by atoms with Crippen LogP contribution in [0.2, 0.25) is 0 Å². The van der Waals surface area contributed by atoms with Crippen molar-refractivity contribution < 1.29 is 8.42 Å². The molecule has 0 aromatic rings. The van der Waals surface area contributed by atoms with E-state index in [1.807, 2.05) is 6.92 Å². The van der Waals surface area contributed by atoms with Gasteiger partial charge < -0.3 is 0 Å². The Morgan fingerprint density at radius 1 is 1.11 bits per heavy atom. The number of hydrogen-bond donors (Lipinski definition) is 1. The van der Waals surface area contributed by atoms with Gasteiger partial charge in [-0.05, 0) is 75.0 Å². The van der Waals surface area contributed by atoms with Gasteiger partial charge in [0.25, 0.3) is 0 Å². The number of nitrogens with one attached hydrogen (secondary N) is 1. The Bertz CT molecular complexity index is 408. The van der Waals surface area contributed by atoms with Crippen LogP contribution in [0.1, 0.15) is 58.8 Å². The maximum Gasteiger partial charge on any atom is 0.211 e. The summed E-state index contributed by atoms with van der Waals surface area (Å²) in [6.45, 7) is 4.04. The minimum atomic E-state index is -3.07. The molecule has 110 valence electrons. The Labute approximate surface area is 117 Å². The van der Waals surface area contributed by atoms with Crippen molar-refractivity contribution in [3.05, 3.63) is 0 Å². The summed E-state index contributed by atoms with van der Waals surface area (Å²) in [7, 11) is -3.07. The van der Waals surface area contributed by atoms with Crippen molar-refractivity contribution in [1.82, 2.24) is 4.72 Å². The molecule has 4 bridgehead atoms. The van der Waals surface area contributed by atoms with Gasteiger partial charge in [-0.1, -0.05) is 6.92 Å². The molecule has 4 fully saturated rings. The molecule has 4 saturated carbocycles. The van der Waals surface area contributed by atoms with Crippen molar-refractivity contribution in [3.63, 3.8) is 0 Å². The normalized spacial score (nSPS) is 42.5. The molecule has 0 spiro atoms. The molecule has 0 heterocycles. The molecule has 4 rings (SSSR count). The van der Waals surface area contributed by atoms with Gasteiger partial charge in [-0.2, -0.15) is 0 Å². The van der Waals surface area contributed by atoms with Crippen LogP contribution in [-0.2, 0) is 10.0 Å². The molecule has 1 atom stereocenters. The second-order valence-corrected chi connectivity index (χ2v) is 9.31. The third kappa shape index (κ3) is 2.58. The highest BCUT2D eigenvalue weighted by Crippen LogP contribution is 2.61. The van der Waals surface area contributed by atoms with Crippen molar-refractivity contribution in [2.24, 2.45) is 23.2 Å². The minimum Gasteiger partial charge on any atom is -0.212 e. The van der Waals surface area contributed by atoms with Crippen LogP contribution in [0.4, 0.5) is 0 Å². The van der Waals surface area contributed by atoms with Crippen LogP contribution in [0, 0.1) is 23.2 Å². The molecule has 4 heteroatoms. The zero-order valence-corrected chi connectivity index (χ0v) is 13.0. The molecule has 4 aliphatic rings. The van der Waals surface area contributed by atoms with Crippen molar-refractivity contribution in [2.45, 2.75) is 64.8 Å². The lowest BCUT2D eigenvalue weighted by Crippen LogP contribution is -2.56. The monoisotopic (exact) mass is 285 g/mol. The molecular weight excluding hydrogens is 258 g/mol. The summed E-state index contributed by atoms with van der Waals surface area (Å²) in [6, 6.07) is 0.123. The SMILES string of the molecule is CCCS(=O)(=O)NC(C)C12CC3CC(CC(C3)C1)C2. The lowest BCUT2D eigenvalue weighted by atomic mass is 9.48. The summed E-state index contributed by atoms with van der Waals surface area (Å²) >= 11 is 0. The van der Waals surface area contributed by atoms with E-state index < -0.39 is 10.0 Å². The van der Waals surface area contributed by atoms with Gasteiger partial charge in [-0.3, -0.25) is 0 Å². The Morgan fingerprint density at radius 3 is 2.00 bits per heavy atom. The lowest BCUT2D eigenvalue weighted by molar-refractivity contribution is -0.0666. The number of sulfonamides is 1. The lowest BCUT2D eigenvalue weighted by Gasteiger charge is -2.59. The quantitative estimate of drug-likeness (QED) is 0.844. The van der Waals surface area contributed by atoms with Crippen LogP contribution < -0.4 is 4.72 Å². The van der Waals surface area contributed by atoms with Crippen LogP contribution in [0.5, 0.6) is 0 Å². The molecule has 4 aliphatic carbocycles. The Hall–Kier alpha value is -0.0900. The highest BCUT2D eigenvalue weighted by molar-refractivity contribution is 7.89. The van der Waals surface area contributed by atoms with Crippen LogP contribution >= 0.6 is 0 Å². The summed E-state index contributed by atoms with van der Waals surface area (Å²) in [4.78, 5) is 0. The third-order valence-corrected chi connectivity index (χ3v) is 7.49. The van der Waals surface area contributed by atoms with Gasteiger partial charge in [0.2, 0.25) is 10.0 Å².